The summed E-state index contributed by atoms with van der Waals surface area (Å²) in [6, 6.07) is 0.572. The van der Waals surface area contributed by atoms with Gasteiger partial charge in [-0.15, -0.1) is 0 Å². The number of amides is 1. The first-order valence-corrected chi connectivity index (χ1v) is 11.3. The van der Waals surface area contributed by atoms with E-state index in [9.17, 15) is 4.79 Å². The lowest BCUT2D eigenvalue weighted by Gasteiger charge is -2.43. The number of aryl methyl sites for hydroxylation is 2. The van der Waals surface area contributed by atoms with Gasteiger partial charge < -0.3 is 14.5 Å². The number of hydrogen-bond acceptors (Lipinski definition) is 6. The molecular formula is C22H35N5O2. The van der Waals surface area contributed by atoms with Gasteiger partial charge in [-0.05, 0) is 51.1 Å². The minimum absolute atomic E-state index is 0.160. The number of piperidine rings is 2. The first-order valence-electron chi connectivity index (χ1n) is 11.3. The van der Waals surface area contributed by atoms with Gasteiger partial charge in [0.2, 0.25) is 11.9 Å². The van der Waals surface area contributed by atoms with Crippen LogP contribution in [0.25, 0.3) is 0 Å². The largest absolute Gasteiger partial charge is 0.378 e. The van der Waals surface area contributed by atoms with Gasteiger partial charge in [-0.1, -0.05) is 6.92 Å². The lowest BCUT2D eigenvalue weighted by molar-refractivity contribution is -0.141. The molecule has 160 valence electrons. The third-order valence-corrected chi connectivity index (χ3v) is 6.79. The first kappa shape index (κ1) is 20.5. The summed E-state index contributed by atoms with van der Waals surface area (Å²) < 4.78 is 5.40. The van der Waals surface area contributed by atoms with Crippen molar-refractivity contribution in [2.75, 3.05) is 57.4 Å². The van der Waals surface area contributed by atoms with Crippen LogP contribution in [0.15, 0.2) is 6.20 Å². The second-order valence-electron chi connectivity index (χ2n) is 8.64. The van der Waals surface area contributed by atoms with Crippen molar-refractivity contribution in [2.24, 2.45) is 5.92 Å². The van der Waals surface area contributed by atoms with Crippen molar-refractivity contribution in [1.82, 2.24) is 19.8 Å². The number of rotatable bonds is 4. The molecule has 7 heteroatoms. The van der Waals surface area contributed by atoms with Crippen LogP contribution in [0.5, 0.6) is 0 Å². The number of likely N-dealkylation sites (tertiary alicyclic amines) is 1. The van der Waals surface area contributed by atoms with Crippen LogP contribution < -0.4 is 4.90 Å². The molecule has 29 heavy (non-hydrogen) atoms. The Balaban J connectivity index is 1.31. The van der Waals surface area contributed by atoms with Gasteiger partial charge in [0, 0.05) is 50.7 Å². The molecule has 0 aromatic carbocycles. The van der Waals surface area contributed by atoms with Crippen LogP contribution in [-0.2, 0) is 16.0 Å². The van der Waals surface area contributed by atoms with Crippen molar-refractivity contribution >= 4 is 11.9 Å². The molecule has 1 amide bonds. The van der Waals surface area contributed by atoms with Crippen LogP contribution in [0.1, 0.15) is 43.9 Å². The van der Waals surface area contributed by atoms with Gasteiger partial charge in [0.05, 0.1) is 19.1 Å². The Labute approximate surface area is 174 Å². The third-order valence-electron chi connectivity index (χ3n) is 6.79. The standard InChI is InChI=1S/C22H35N5O2/c1-3-20-17(2)15-23-22(24-20)26-9-6-19(7-10-26)27-8-4-5-18(16-27)21(28)25-11-13-29-14-12-25/h15,18-19H,3-14,16H2,1-2H3/t18-/m0/s1. The summed E-state index contributed by atoms with van der Waals surface area (Å²) in [4.78, 5) is 29.2. The lowest BCUT2D eigenvalue weighted by Crippen LogP contribution is -2.52. The fraction of sp³-hybridized carbons (Fsp3) is 0.773. The minimum Gasteiger partial charge on any atom is -0.378 e. The molecule has 0 N–H and O–H groups in total. The van der Waals surface area contributed by atoms with E-state index in [0.717, 1.165) is 83.0 Å². The highest BCUT2D eigenvalue weighted by molar-refractivity contribution is 5.79. The normalized spacial score (nSPS) is 24.7. The predicted molar refractivity (Wildman–Crippen MR) is 113 cm³/mol. The molecule has 0 saturated carbocycles. The van der Waals surface area contributed by atoms with Crippen molar-refractivity contribution in [3.63, 3.8) is 0 Å². The molecule has 4 heterocycles. The number of nitrogens with zero attached hydrogens (tertiary/aromatic N) is 5. The highest BCUT2D eigenvalue weighted by Crippen LogP contribution is 2.26. The topological polar surface area (TPSA) is 61.8 Å². The van der Waals surface area contributed by atoms with Gasteiger partial charge in [0.25, 0.3) is 0 Å². The van der Waals surface area contributed by atoms with Crippen molar-refractivity contribution in [2.45, 2.75) is 52.0 Å². The summed E-state index contributed by atoms with van der Waals surface area (Å²) in [7, 11) is 0. The highest BCUT2D eigenvalue weighted by atomic mass is 16.5. The Morgan fingerprint density at radius 1 is 1.14 bits per heavy atom. The fourth-order valence-electron chi connectivity index (χ4n) is 4.99. The molecule has 1 atom stereocenters. The van der Waals surface area contributed by atoms with Crippen LogP contribution in [0.4, 0.5) is 5.95 Å². The zero-order valence-corrected chi connectivity index (χ0v) is 18.0. The highest BCUT2D eigenvalue weighted by Gasteiger charge is 2.34. The fourth-order valence-corrected chi connectivity index (χ4v) is 4.99. The monoisotopic (exact) mass is 401 g/mol. The molecule has 3 aliphatic heterocycles. The summed E-state index contributed by atoms with van der Waals surface area (Å²) in [5.41, 5.74) is 2.33. The van der Waals surface area contributed by atoms with Crippen molar-refractivity contribution in [3.8, 4) is 0 Å². The predicted octanol–water partition coefficient (Wildman–Crippen LogP) is 1.89. The van der Waals surface area contributed by atoms with Crippen molar-refractivity contribution in [3.05, 3.63) is 17.5 Å². The van der Waals surface area contributed by atoms with E-state index in [0.29, 0.717) is 25.2 Å². The van der Waals surface area contributed by atoms with E-state index in [4.69, 9.17) is 9.72 Å². The van der Waals surface area contributed by atoms with Gasteiger partial charge in [-0.2, -0.15) is 0 Å². The lowest BCUT2D eigenvalue weighted by atomic mass is 9.92. The van der Waals surface area contributed by atoms with Gasteiger partial charge in [-0.25, -0.2) is 9.97 Å². The number of aromatic nitrogens is 2. The molecule has 0 aliphatic carbocycles. The minimum atomic E-state index is 0.160. The smallest absolute Gasteiger partial charge is 0.227 e. The number of anilines is 1. The summed E-state index contributed by atoms with van der Waals surface area (Å²) in [5.74, 6) is 1.38. The maximum absolute atomic E-state index is 12.9. The quantitative estimate of drug-likeness (QED) is 0.768. The SMILES string of the molecule is CCc1nc(N2CCC(N3CCC[C@H](C(=O)N4CCOCC4)C3)CC2)ncc1C. The Morgan fingerprint density at radius 3 is 2.62 bits per heavy atom. The van der Waals surface area contributed by atoms with Crippen molar-refractivity contribution < 1.29 is 9.53 Å². The van der Waals surface area contributed by atoms with Gasteiger partial charge >= 0.3 is 0 Å². The first-order chi connectivity index (χ1) is 14.2. The second kappa shape index (κ2) is 9.39. The molecule has 3 saturated heterocycles. The number of morpholine rings is 1. The number of carbonyl (C=O) groups is 1. The molecule has 4 rings (SSSR count). The van der Waals surface area contributed by atoms with Crippen LogP contribution in [0.2, 0.25) is 0 Å². The molecule has 0 radical (unpaired) electrons. The number of ether oxygens (including phenoxy) is 1. The van der Waals surface area contributed by atoms with Crippen LogP contribution in [-0.4, -0.2) is 84.2 Å². The summed E-state index contributed by atoms with van der Waals surface area (Å²) in [6.45, 7) is 11.1. The van der Waals surface area contributed by atoms with Gasteiger partial charge in [0.15, 0.2) is 0 Å². The summed E-state index contributed by atoms with van der Waals surface area (Å²) >= 11 is 0. The van der Waals surface area contributed by atoms with E-state index in [1.807, 2.05) is 11.1 Å². The van der Waals surface area contributed by atoms with E-state index in [1.165, 1.54) is 5.56 Å². The van der Waals surface area contributed by atoms with E-state index < -0.39 is 0 Å². The van der Waals surface area contributed by atoms with Crippen molar-refractivity contribution in [1.29, 1.82) is 0 Å². The Kier molecular flexibility index (Phi) is 6.65. The number of hydrogen-bond donors (Lipinski definition) is 0. The van der Waals surface area contributed by atoms with Crippen LogP contribution in [0.3, 0.4) is 0 Å². The average Bonchev–Trinajstić information content (AvgIpc) is 2.80. The molecule has 7 nitrogen and oxygen atoms in total. The maximum Gasteiger partial charge on any atom is 0.227 e. The molecule has 0 unspecified atom stereocenters. The van der Waals surface area contributed by atoms with Gasteiger partial charge in [-0.3, -0.25) is 9.69 Å². The molecular weight excluding hydrogens is 366 g/mol. The average molecular weight is 402 g/mol. The Morgan fingerprint density at radius 2 is 1.90 bits per heavy atom. The zero-order valence-electron chi connectivity index (χ0n) is 18.0. The molecule has 3 aliphatic rings. The molecule has 0 bridgehead atoms. The third kappa shape index (κ3) is 4.72. The van der Waals surface area contributed by atoms with E-state index in [2.05, 4.69) is 28.6 Å². The molecule has 1 aromatic rings. The molecule has 1 aromatic heterocycles. The Hall–Kier alpha value is -1.73. The Bertz CT molecular complexity index is 698. The van der Waals surface area contributed by atoms with Gasteiger partial charge in [0.1, 0.15) is 0 Å². The maximum atomic E-state index is 12.9. The van der Waals surface area contributed by atoms with E-state index in [1.54, 1.807) is 0 Å². The second-order valence-corrected chi connectivity index (χ2v) is 8.64. The molecule has 0 spiro atoms. The van der Waals surface area contributed by atoms with Crippen LogP contribution in [0, 0.1) is 12.8 Å². The summed E-state index contributed by atoms with van der Waals surface area (Å²) in [6.07, 6.45) is 7.31. The molecule has 3 fully saturated rings. The van der Waals surface area contributed by atoms with Crippen LogP contribution >= 0.6 is 0 Å². The zero-order chi connectivity index (χ0) is 20.2. The summed E-state index contributed by atoms with van der Waals surface area (Å²) in [5, 5.41) is 0. The van der Waals surface area contributed by atoms with E-state index >= 15 is 0 Å². The number of carbonyl (C=O) groups excluding carboxylic acids is 1. The van der Waals surface area contributed by atoms with E-state index in [-0.39, 0.29) is 5.92 Å².